The van der Waals surface area contributed by atoms with Gasteiger partial charge in [-0.1, -0.05) is 0 Å². The van der Waals surface area contributed by atoms with Crippen LogP contribution in [0, 0.1) is 0 Å². The van der Waals surface area contributed by atoms with E-state index in [1.54, 1.807) is 18.5 Å². The quantitative estimate of drug-likeness (QED) is 0.739. The van der Waals surface area contributed by atoms with E-state index < -0.39 is 19.1 Å². The number of pyridine rings is 1. The summed E-state index contributed by atoms with van der Waals surface area (Å²) in [6.07, 6.45) is 3.40. The minimum atomic E-state index is -3.08. The van der Waals surface area contributed by atoms with Crippen molar-refractivity contribution in [3.8, 4) is 0 Å². The second-order valence-electron chi connectivity index (χ2n) is 3.83. The molecule has 0 spiro atoms. The van der Waals surface area contributed by atoms with Crippen LogP contribution in [0.5, 0.6) is 0 Å². The molecule has 2 aromatic rings. The molecular formula is C11H13F2N3O. The summed E-state index contributed by atoms with van der Waals surface area (Å²) < 4.78 is 25.5. The lowest BCUT2D eigenvalue weighted by Gasteiger charge is -2.13. The topological polar surface area (TPSA) is 60.9 Å². The summed E-state index contributed by atoms with van der Waals surface area (Å²) in [6.45, 7) is -1.38. The number of aromatic nitrogens is 2. The molecule has 0 saturated carbocycles. The first-order valence-corrected chi connectivity index (χ1v) is 5.23. The Balaban J connectivity index is 2.00. The van der Waals surface area contributed by atoms with E-state index in [1.807, 2.05) is 6.07 Å². The molecule has 2 rings (SSSR count). The van der Waals surface area contributed by atoms with Crippen LogP contribution in [0.2, 0.25) is 0 Å². The number of nitrogens with one attached hydrogen (secondary N) is 2. The van der Waals surface area contributed by atoms with Crippen LogP contribution in [-0.4, -0.2) is 34.1 Å². The van der Waals surface area contributed by atoms with E-state index in [9.17, 15) is 8.78 Å². The van der Waals surface area contributed by atoms with Crippen molar-refractivity contribution in [1.29, 1.82) is 0 Å². The number of halogens is 2. The number of nitrogens with zero attached hydrogens (tertiary/aromatic N) is 1. The molecule has 0 bridgehead atoms. The Bertz CT molecular complexity index is 498. The second kappa shape index (κ2) is 4.77. The van der Waals surface area contributed by atoms with Crippen LogP contribution in [0.3, 0.4) is 0 Å². The van der Waals surface area contributed by atoms with Gasteiger partial charge in [0.05, 0.1) is 6.54 Å². The smallest absolute Gasteiger partial charge is 0.282 e. The first-order valence-electron chi connectivity index (χ1n) is 5.23. The largest absolute Gasteiger partial charge is 0.390 e. The fourth-order valence-electron chi connectivity index (χ4n) is 1.59. The lowest BCUT2D eigenvalue weighted by atomic mass is 10.2. The summed E-state index contributed by atoms with van der Waals surface area (Å²) in [5.41, 5.74) is 1.61. The van der Waals surface area contributed by atoms with Gasteiger partial charge in [-0.05, 0) is 17.7 Å². The molecule has 2 aromatic heterocycles. The first kappa shape index (κ1) is 11.9. The van der Waals surface area contributed by atoms with E-state index in [1.165, 1.54) is 0 Å². The molecule has 0 saturated heterocycles. The standard InChI is InChI=1S/C11H13F2N3O/c12-11(13,7-17)6-14-4-8-5-16-10-9(8)2-1-3-15-10/h1-3,5,14,17H,4,6-7H2,(H,15,16). The van der Waals surface area contributed by atoms with Gasteiger partial charge in [0.15, 0.2) is 0 Å². The number of rotatable bonds is 5. The zero-order valence-electron chi connectivity index (χ0n) is 9.08. The van der Waals surface area contributed by atoms with Crippen LogP contribution < -0.4 is 5.32 Å². The lowest BCUT2D eigenvalue weighted by Crippen LogP contribution is -2.35. The van der Waals surface area contributed by atoms with Crippen molar-refractivity contribution in [3.05, 3.63) is 30.1 Å². The number of H-pyrrole nitrogens is 1. The highest BCUT2D eigenvalue weighted by Gasteiger charge is 2.26. The fourth-order valence-corrected chi connectivity index (χ4v) is 1.59. The van der Waals surface area contributed by atoms with Crippen molar-refractivity contribution in [2.45, 2.75) is 12.5 Å². The van der Waals surface area contributed by atoms with Gasteiger partial charge in [-0.2, -0.15) is 0 Å². The number of hydrogen-bond donors (Lipinski definition) is 3. The van der Waals surface area contributed by atoms with Crippen molar-refractivity contribution >= 4 is 11.0 Å². The van der Waals surface area contributed by atoms with Crippen LogP contribution in [0.1, 0.15) is 5.56 Å². The Hall–Kier alpha value is -1.53. The van der Waals surface area contributed by atoms with E-state index in [4.69, 9.17) is 5.11 Å². The van der Waals surface area contributed by atoms with Crippen LogP contribution in [0.4, 0.5) is 8.78 Å². The average Bonchev–Trinajstić information content (AvgIpc) is 2.73. The highest BCUT2D eigenvalue weighted by molar-refractivity contribution is 5.79. The molecule has 3 N–H and O–H groups in total. The van der Waals surface area contributed by atoms with Gasteiger partial charge >= 0.3 is 0 Å². The monoisotopic (exact) mass is 241 g/mol. The summed E-state index contributed by atoms with van der Waals surface area (Å²) >= 11 is 0. The van der Waals surface area contributed by atoms with E-state index in [-0.39, 0.29) is 0 Å². The van der Waals surface area contributed by atoms with Gasteiger partial charge in [-0.25, -0.2) is 13.8 Å². The number of hydrogen-bond acceptors (Lipinski definition) is 3. The molecule has 0 aliphatic rings. The molecular weight excluding hydrogens is 228 g/mol. The Morgan fingerprint density at radius 3 is 3.06 bits per heavy atom. The molecule has 0 fully saturated rings. The van der Waals surface area contributed by atoms with Crippen LogP contribution >= 0.6 is 0 Å². The number of aromatic amines is 1. The highest BCUT2D eigenvalue weighted by atomic mass is 19.3. The van der Waals surface area contributed by atoms with Crippen LogP contribution in [0.25, 0.3) is 11.0 Å². The number of aliphatic hydroxyl groups is 1. The maximum absolute atomic E-state index is 12.8. The zero-order chi connectivity index (χ0) is 12.3. The van der Waals surface area contributed by atoms with E-state index in [2.05, 4.69) is 15.3 Å². The van der Waals surface area contributed by atoms with Crippen LogP contribution in [0.15, 0.2) is 24.5 Å². The summed E-state index contributed by atoms with van der Waals surface area (Å²) in [5.74, 6) is -3.08. The normalized spacial score (nSPS) is 12.2. The lowest BCUT2D eigenvalue weighted by molar-refractivity contribution is -0.0477. The average molecular weight is 241 g/mol. The SMILES string of the molecule is OCC(F)(F)CNCc1c[nH]c2ncccc12. The predicted octanol–water partition coefficient (Wildman–Crippen LogP) is 1.28. The van der Waals surface area contributed by atoms with Gasteiger partial charge in [-0.3, -0.25) is 0 Å². The molecule has 0 unspecified atom stereocenters. The molecule has 17 heavy (non-hydrogen) atoms. The summed E-state index contributed by atoms with van der Waals surface area (Å²) in [4.78, 5) is 7.07. The van der Waals surface area contributed by atoms with E-state index in [0.29, 0.717) is 6.54 Å². The molecule has 2 heterocycles. The molecule has 0 aromatic carbocycles. The third-order valence-corrected chi connectivity index (χ3v) is 2.47. The molecule has 4 nitrogen and oxygen atoms in total. The molecule has 0 atom stereocenters. The predicted molar refractivity (Wildman–Crippen MR) is 59.8 cm³/mol. The molecule has 92 valence electrons. The van der Waals surface area contributed by atoms with Crippen molar-refractivity contribution in [2.24, 2.45) is 0 Å². The van der Waals surface area contributed by atoms with Crippen molar-refractivity contribution in [1.82, 2.24) is 15.3 Å². The third kappa shape index (κ3) is 2.78. The maximum Gasteiger partial charge on any atom is 0.282 e. The first-order chi connectivity index (χ1) is 8.12. The second-order valence-corrected chi connectivity index (χ2v) is 3.83. The van der Waals surface area contributed by atoms with E-state index >= 15 is 0 Å². The van der Waals surface area contributed by atoms with Crippen molar-refractivity contribution in [2.75, 3.05) is 13.2 Å². The van der Waals surface area contributed by atoms with Crippen LogP contribution in [-0.2, 0) is 6.54 Å². The van der Waals surface area contributed by atoms with Crippen molar-refractivity contribution in [3.63, 3.8) is 0 Å². The molecule has 0 aliphatic carbocycles. The highest BCUT2D eigenvalue weighted by Crippen LogP contribution is 2.16. The Morgan fingerprint density at radius 1 is 1.47 bits per heavy atom. The number of fused-ring (bicyclic) bond motifs is 1. The Labute approximate surface area is 96.7 Å². The zero-order valence-corrected chi connectivity index (χ0v) is 9.08. The van der Waals surface area contributed by atoms with Gasteiger partial charge in [0.2, 0.25) is 0 Å². The summed E-state index contributed by atoms with van der Waals surface area (Å²) in [6, 6.07) is 3.67. The van der Waals surface area contributed by atoms with Gasteiger partial charge in [0, 0.05) is 24.3 Å². The Kier molecular flexibility index (Phi) is 3.35. The minimum absolute atomic E-state index is 0.307. The van der Waals surface area contributed by atoms with E-state index in [0.717, 1.165) is 16.6 Å². The minimum Gasteiger partial charge on any atom is -0.390 e. The van der Waals surface area contributed by atoms with Gasteiger partial charge in [0.1, 0.15) is 12.3 Å². The van der Waals surface area contributed by atoms with Gasteiger partial charge < -0.3 is 15.4 Å². The molecule has 6 heteroatoms. The number of alkyl halides is 2. The maximum atomic E-state index is 12.8. The fraction of sp³-hybridized carbons (Fsp3) is 0.364. The third-order valence-electron chi connectivity index (χ3n) is 2.47. The molecule has 0 radical (unpaired) electrons. The molecule has 0 amide bonds. The van der Waals surface area contributed by atoms with Gasteiger partial charge in [0.25, 0.3) is 5.92 Å². The Morgan fingerprint density at radius 2 is 2.29 bits per heavy atom. The molecule has 0 aliphatic heterocycles. The number of aliphatic hydroxyl groups excluding tert-OH is 1. The summed E-state index contributed by atoms with van der Waals surface area (Å²) in [5, 5.41) is 11.9. The summed E-state index contributed by atoms with van der Waals surface area (Å²) in [7, 11) is 0. The van der Waals surface area contributed by atoms with Gasteiger partial charge in [-0.15, -0.1) is 0 Å². The van der Waals surface area contributed by atoms with Crippen molar-refractivity contribution < 1.29 is 13.9 Å².